The first-order chi connectivity index (χ1) is 12.2. The second kappa shape index (κ2) is 6.55. The summed E-state index contributed by atoms with van der Waals surface area (Å²) in [5.41, 5.74) is 4.32. The molecule has 3 heterocycles. The summed E-state index contributed by atoms with van der Waals surface area (Å²) in [6, 6.07) is 8.91. The quantitative estimate of drug-likeness (QED) is 0.694. The van der Waals surface area contributed by atoms with Crippen molar-refractivity contribution in [3.05, 3.63) is 77.9 Å². The van der Waals surface area contributed by atoms with Crippen LogP contribution in [0.4, 0.5) is 10.1 Å². The molecule has 1 N–H and O–H groups in total. The molecule has 1 unspecified atom stereocenters. The molecule has 0 spiro atoms. The number of nitrogens with one attached hydrogen (secondary N) is 1. The lowest BCUT2D eigenvalue weighted by Gasteiger charge is -2.34. The molecular formula is C21H20FN3. The van der Waals surface area contributed by atoms with E-state index < -0.39 is 0 Å². The molecule has 0 amide bonds. The van der Waals surface area contributed by atoms with Gasteiger partial charge in [0.05, 0.1) is 17.9 Å². The van der Waals surface area contributed by atoms with E-state index in [1.807, 2.05) is 12.4 Å². The number of benzene rings is 1. The molecule has 25 heavy (non-hydrogen) atoms. The number of rotatable bonds is 3. The van der Waals surface area contributed by atoms with Crippen LogP contribution in [0.2, 0.25) is 0 Å². The van der Waals surface area contributed by atoms with Crippen molar-refractivity contribution >= 4 is 22.8 Å². The summed E-state index contributed by atoms with van der Waals surface area (Å²) in [5.74, 6) is -0.208. The number of nitrogens with zero attached hydrogens (tertiary/aromatic N) is 2. The van der Waals surface area contributed by atoms with Gasteiger partial charge in [0.15, 0.2) is 0 Å². The topological polar surface area (TPSA) is 31.9 Å². The Morgan fingerprint density at radius 1 is 1.20 bits per heavy atom. The highest BCUT2D eigenvalue weighted by Gasteiger charge is 2.20. The van der Waals surface area contributed by atoms with Crippen LogP contribution >= 0.6 is 0 Å². The predicted molar refractivity (Wildman–Crippen MR) is 101 cm³/mol. The zero-order valence-corrected chi connectivity index (χ0v) is 14.1. The molecule has 3 aromatic rings. The van der Waals surface area contributed by atoms with Gasteiger partial charge in [0.2, 0.25) is 0 Å². The van der Waals surface area contributed by atoms with Crippen LogP contribution in [-0.4, -0.2) is 22.6 Å². The number of fused-ring (bicyclic) bond motifs is 1. The van der Waals surface area contributed by atoms with Gasteiger partial charge in [-0.3, -0.25) is 0 Å². The van der Waals surface area contributed by atoms with E-state index in [9.17, 15) is 4.39 Å². The smallest absolute Gasteiger partial charge is 0.137 e. The van der Waals surface area contributed by atoms with Gasteiger partial charge >= 0.3 is 0 Å². The normalized spacial score (nSPS) is 17.7. The third kappa shape index (κ3) is 3.07. The zero-order chi connectivity index (χ0) is 17.2. The lowest BCUT2D eigenvalue weighted by Crippen LogP contribution is -2.36. The van der Waals surface area contributed by atoms with Gasteiger partial charge in [-0.1, -0.05) is 36.4 Å². The van der Waals surface area contributed by atoms with E-state index in [-0.39, 0.29) is 11.9 Å². The van der Waals surface area contributed by atoms with E-state index in [1.165, 1.54) is 17.7 Å². The number of hydrogen-bond acceptors (Lipinski definition) is 2. The van der Waals surface area contributed by atoms with Gasteiger partial charge in [-0.2, -0.15) is 0 Å². The Balaban J connectivity index is 1.65. The lowest BCUT2D eigenvalue weighted by molar-refractivity contribution is 0.627. The van der Waals surface area contributed by atoms with Crippen LogP contribution in [0.5, 0.6) is 0 Å². The minimum absolute atomic E-state index is 0.208. The Kier molecular flexibility index (Phi) is 4.10. The Bertz CT molecular complexity index is 937. The van der Waals surface area contributed by atoms with Gasteiger partial charge < -0.3 is 9.88 Å². The lowest BCUT2D eigenvalue weighted by atomic mass is 10.0. The number of hydrogen-bond donors (Lipinski definition) is 1. The largest absolute Gasteiger partial charge is 0.360 e. The molecule has 0 saturated carbocycles. The maximum Gasteiger partial charge on any atom is 0.137 e. The molecule has 1 aliphatic heterocycles. The molecule has 1 aromatic carbocycles. The standard InChI is InChI=1S/C21H20FN3/c1-15-19-11-12-23-21(19)24-14-20(15)25-13-3-2-4-18(25)10-7-16-5-8-17(22)9-6-16/h2-3,5-12,14,18H,4,13H2,1H3,(H,23,24). The third-order valence-corrected chi connectivity index (χ3v) is 4.77. The zero-order valence-electron chi connectivity index (χ0n) is 14.1. The number of aryl methyl sites for hydroxylation is 1. The molecule has 0 aliphatic carbocycles. The predicted octanol–water partition coefficient (Wildman–Crippen LogP) is 4.86. The number of aromatic amines is 1. The Labute approximate surface area is 146 Å². The van der Waals surface area contributed by atoms with Gasteiger partial charge in [-0.05, 0) is 42.7 Å². The fourth-order valence-corrected chi connectivity index (χ4v) is 3.36. The van der Waals surface area contributed by atoms with Crippen molar-refractivity contribution in [2.75, 3.05) is 11.4 Å². The van der Waals surface area contributed by atoms with E-state index in [0.717, 1.165) is 35.2 Å². The van der Waals surface area contributed by atoms with Crippen LogP contribution < -0.4 is 4.90 Å². The molecule has 1 atom stereocenters. The van der Waals surface area contributed by atoms with E-state index in [1.54, 1.807) is 12.1 Å². The van der Waals surface area contributed by atoms with Gasteiger partial charge in [-0.15, -0.1) is 0 Å². The van der Waals surface area contributed by atoms with Crippen LogP contribution in [0.25, 0.3) is 17.1 Å². The van der Waals surface area contributed by atoms with Gasteiger partial charge in [0, 0.05) is 18.1 Å². The molecule has 0 saturated heterocycles. The molecule has 1 aliphatic rings. The molecule has 4 rings (SSSR count). The summed E-state index contributed by atoms with van der Waals surface area (Å²) < 4.78 is 13.1. The van der Waals surface area contributed by atoms with Crippen molar-refractivity contribution in [2.45, 2.75) is 19.4 Å². The van der Waals surface area contributed by atoms with Crippen molar-refractivity contribution in [1.29, 1.82) is 0 Å². The minimum atomic E-state index is -0.208. The molecule has 0 radical (unpaired) electrons. The van der Waals surface area contributed by atoms with Crippen molar-refractivity contribution in [3.8, 4) is 0 Å². The summed E-state index contributed by atoms with van der Waals surface area (Å²) in [4.78, 5) is 10.1. The maximum atomic E-state index is 13.1. The SMILES string of the molecule is Cc1c(N2CC=CCC2C=Cc2ccc(F)cc2)cnc2[nH]ccc12. The van der Waals surface area contributed by atoms with Crippen LogP contribution in [-0.2, 0) is 0 Å². The van der Waals surface area contributed by atoms with Crippen LogP contribution in [0.1, 0.15) is 17.5 Å². The molecule has 3 nitrogen and oxygen atoms in total. The first-order valence-corrected chi connectivity index (χ1v) is 8.50. The molecule has 0 bridgehead atoms. The second-order valence-corrected chi connectivity index (χ2v) is 6.35. The first-order valence-electron chi connectivity index (χ1n) is 8.50. The fraction of sp³-hybridized carbons (Fsp3) is 0.190. The summed E-state index contributed by atoms with van der Waals surface area (Å²) in [5, 5.41) is 1.16. The van der Waals surface area contributed by atoms with Crippen molar-refractivity contribution in [2.24, 2.45) is 0 Å². The Morgan fingerprint density at radius 3 is 2.88 bits per heavy atom. The van der Waals surface area contributed by atoms with E-state index in [4.69, 9.17) is 0 Å². The average Bonchev–Trinajstić information content (AvgIpc) is 3.12. The first kappa shape index (κ1) is 15.6. The van der Waals surface area contributed by atoms with Gasteiger partial charge in [-0.25, -0.2) is 9.37 Å². The Morgan fingerprint density at radius 2 is 2.04 bits per heavy atom. The summed E-state index contributed by atoms with van der Waals surface area (Å²) in [6.07, 6.45) is 13.5. The third-order valence-electron chi connectivity index (χ3n) is 4.77. The molecular weight excluding hydrogens is 313 g/mol. The van der Waals surface area contributed by atoms with E-state index >= 15 is 0 Å². The highest BCUT2D eigenvalue weighted by molar-refractivity contribution is 5.84. The van der Waals surface area contributed by atoms with Gasteiger partial charge in [0.25, 0.3) is 0 Å². The van der Waals surface area contributed by atoms with Crippen LogP contribution in [0.15, 0.2) is 61.0 Å². The number of pyridine rings is 1. The monoisotopic (exact) mass is 333 g/mol. The van der Waals surface area contributed by atoms with Crippen molar-refractivity contribution in [3.63, 3.8) is 0 Å². The molecule has 4 heteroatoms. The highest BCUT2D eigenvalue weighted by atomic mass is 19.1. The van der Waals surface area contributed by atoms with E-state index in [2.05, 4.69) is 52.2 Å². The van der Waals surface area contributed by atoms with Crippen molar-refractivity contribution < 1.29 is 4.39 Å². The van der Waals surface area contributed by atoms with Crippen LogP contribution in [0, 0.1) is 12.7 Å². The van der Waals surface area contributed by atoms with E-state index in [0.29, 0.717) is 0 Å². The number of aromatic nitrogens is 2. The van der Waals surface area contributed by atoms with Gasteiger partial charge in [0.1, 0.15) is 11.5 Å². The van der Waals surface area contributed by atoms with Crippen LogP contribution in [0.3, 0.4) is 0 Å². The maximum absolute atomic E-state index is 13.1. The summed E-state index contributed by atoms with van der Waals surface area (Å²) >= 11 is 0. The second-order valence-electron chi connectivity index (χ2n) is 6.35. The fourth-order valence-electron chi connectivity index (χ4n) is 3.36. The molecule has 2 aromatic heterocycles. The number of H-pyrrole nitrogens is 1. The minimum Gasteiger partial charge on any atom is -0.360 e. The average molecular weight is 333 g/mol. The number of anilines is 1. The number of halogens is 1. The summed E-state index contributed by atoms with van der Waals surface area (Å²) in [7, 11) is 0. The van der Waals surface area contributed by atoms with Crippen molar-refractivity contribution in [1.82, 2.24) is 9.97 Å². The highest BCUT2D eigenvalue weighted by Crippen LogP contribution is 2.30. The Hall–Kier alpha value is -2.88. The molecule has 0 fully saturated rings. The summed E-state index contributed by atoms with van der Waals surface area (Å²) in [6.45, 7) is 3.00. The molecule has 126 valence electrons.